The van der Waals surface area contributed by atoms with E-state index in [9.17, 15) is 14.4 Å². The van der Waals surface area contributed by atoms with Crippen LogP contribution in [-0.4, -0.2) is 28.9 Å². The zero-order valence-corrected chi connectivity index (χ0v) is 8.66. The summed E-state index contributed by atoms with van der Waals surface area (Å²) in [6, 6.07) is 0. The molecule has 0 amide bonds. The van der Waals surface area contributed by atoms with Gasteiger partial charge in [0.2, 0.25) is 0 Å². The standard InChI is InChI=1S/C9H14O5/c1-5(10)6(7(11)12)14-8(13)9(2,3)4/h6H,1-4H3,(H,11,12). The Morgan fingerprint density at radius 3 is 1.86 bits per heavy atom. The topological polar surface area (TPSA) is 80.7 Å². The van der Waals surface area contributed by atoms with E-state index in [1.54, 1.807) is 20.8 Å². The molecule has 1 atom stereocenters. The number of esters is 1. The highest BCUT2D eigenvalue weighted by atomic mass is 16.6. The Morgan fingerprint density at radius 2 is 1.64 bits per heavy atom. The van der Waals surface area contributed by atoms with Crippen LogP contribution < -0.4 is 0 Å². The second kappa shape index (κ2) is 4.21. The molecule has 14 heavy (non-hydrogen) atoms. The molecular formula is C9H14O5. The summed E-state index contributed by atoms with van der Waals surface area (Å²) >= 11 is 0. The lowest BCUT2D eigenvalue weighted by atomic mass is 9.97. The van der Waals surface area contributed by atoms with Gasteiger partial charge in [-0.3, -0.25) is 9.59 Å². The van der Waals surface area contributed by atoms with E-state index in [4.69, 9.17) is 5.11 Å². The van der Waals surface area contributed by atoms with Gasteiger partial charge in [-0.25, -0.2) is 4.79 Å². The molecule has 0 aliphatic heterocycles. The van der Waals surface area contributed by atoms with E-state index >= 15 is 0 Å². The van der Waals surface area contributed by atoms with Crippen molar-refractivity contribution in [2.24, 2.45) is 5.41 Å². The molecule has 1 N–H and O–H groups in total. The van der Waals surface area contributed by atoms with Gasteiger partial charge in [-0.2, -0.15) is 0 Å². The SMILES string of the molecule is CC(=O)C(OC(=O)C(C)(C)C)C(=O)O. The number of hydrogen-bond donors (Lipinski definition) is 1. The van der Waals surface area contributed by atoms with Crippen molar-refractivity contribution in [1.82, 2.24) is 0 Å². The van der Waals surface area contributed by atoms with Gasteiger partial charge in [-0.05, 0) is 27.7 Å². The fraction of sp³-hybridized carbons (Fsp3) is 0.667. The zero-order chi connectivity index (χ0) is 11.5. The van der Waals surface area contributed by atoms with Gasteiger partial charge >= 0.3 is 11.9 Å². The van der Waals surface area contributed by atoms with E-state index < -0.39 is 29.2 Å². The first kappa shape index (κ1) is 12.6. The van der Waals surface area contributed by atoms with Crippen molar-refractivity contribution in [3.05, 3.63) is 0 Å². The van der Waals surface area contributed by atoms with Crippen molar-refractivity contribution >= 4 is 17.7 Å². The van der Waals surface area contributed by atoms with Crippen LogP contribution in [0.3, 0.4) is 0 Å². The second-order valence-corrected chi connectivity index (χ2v) is 3.98. The van der Waals surface area contributed by atoms with E-state index in [2.05, 4.69) is 4.74 Å². The molecule has 0 aliphatic rings. The third kappa shape index (κ3) is 3.55. The molecule has 0 aromatic rings. The van der Waals surface area contributed by atoms with Crippen LogP contribution in [0.25, 0.3) is 0 Å². The monoisotopic (exact) mass is 202 g/mol. The summed E-state index contributed by atoms with van der Waals surface area (Å²) < 4.78 is 4.55. The number of carboxylic acid groups (broad SMARTS) is 1. The maximum absolute atomic E-state index is 11.2. The van der Waals surface area contributed by atoms with E-state index in [1.807, 2.05) is 0 Å². The lowest BCUT2D eigenvalue weighted by Crippen LogP contribution is -2.37. The molecule has 0 aromatic heterocycles. The number of rotatable bonds is 3. The van der Waals surface area contributed by atoms with Crippen LogP contribution in [-0.2, 0) is 19.1 Å². The predicted octanol–water partition coefficient (Wildman–Crippen LogP) is 0.618. The molecule has 80 valence electrons. The van der Waals surface area contributed by atoms with Crippen LogP contribution in [0.15, 0.2) is 0 Å². The quantitative estimate of drug-likeness (QED) is 0.536. The van der Waals surface area contributed by atoms with Crippen molar-refractivity contribution in [1.29, 1.82) is 0 Å². The van der Waals surface area contributed by atoms with Gasteiger partial charge in [0.15, 0.2) is 5.78 Å². The average molecular weight is 202 g/mol. The summed E-state index contributed by atoms with van der Waals surface area (Å²) in [5.74, 6) is -2.86. The number of carboxylic acids is 1. The Kier molecular flexibility index (Phi) is 3.80. The average Bonchev–Trinajstić information content (AvgIpc) is 1.96. The lowest BCUT2D eigenvalue weighted by Gasteiger charge is -2.19. The largest absolute Gasteiger partial charge is 0.478 e. The fourth-order valence-corrected chi connectivity index (χ4v) is 0.591. The van der Waals surface area contributed by atoms with Crippen LogP contribution in [0.1, 0.15) is 27.7 Å². The minimum atomic E-state index is -1.69. The van der Waals surface area contributed by atoms with Crippen molar-refractivity contribution in [2.45, 2.75) is 33.8 Å². The van der Waals surface area contributed by atoms with Gasteiger partial charge in [-0.1, -0.05) is 0 Å². The van der Waals surface area contributed by atoms with Crippen LogP contribution in [0.5, 0.6) is 0 Å². The molecule has 5 nitrogen and oxygen atoms in total. The van der Waals surface area contributed by atoms with E-state index in [0.717, 1.165) is 6.92 Å². The summed E-state index contributed by atoms with van der Waals surface area (Å²) in [5, 5.41) is 8.56. The van der Waals surface area contributed by atoms with Gasteiger partial charge < -0.3 is 9.84 Å². The summed E-state index contributed by atoms with van der Waals surface area (Å²) in [5.41, 5.74) is -0.816. The highest BCUT2D eigenvalue weighted by molar-refractivity contribution is 6.01. The fourth-order valence-electron chi connectivity index (χ4n) is 0.591. The Hall–Kier alpha value is -1.39. The zero-order valence-electron chi connectivity index (χ0n) is 8.66. The Balaban J connectivity index is 4.56. The summed E-state index contributed by atoms with van der Waals surface area (Å²) in [6.45, 7) is 5.80. The number of ketones is 1. The van der Waals surface area contributed by atoms with Crippen LogP contribution in [0.2, 0.25) is 0 Å². The van der Waals surface area contributed by atoms with Gasteiger partial charge in [0.05, 0.1) is 5.41 Å². The molecule has 0 saturated carbocycles. The molecule has 0 rings (SSSR count). The first-order valence-corrected chi connectivity index (χ1v) is 4.10. The number of Topliss-reactive ketones (excluding diaryl/α,β-unsaturated/α-hetero) is 1. The van der Waals surface area contributed by atoms with Crippen LogP contribution >= 0.6 is 0 Å². The lowest BCUT2D eigenvalue weighted by molar-refractivity contribution is -0.172. The van der Waals surface area contributed by atoms with Gasteiger partial charge in [0, 0.05) is 0 Å². The Bertz CT molecular complexity index is 247. The van der Waals surface area contributed by atoms with Crippen molar-refractivity contribution in [2.75, 3.05) is 0 Å². The maximum Gasteiger partial charge on any atom is 0.352 e. The molecular weight excluding hydrogens is 188 g/mol. The van der Waals surface area contributed by atoms with Crippen LogP contribution in [0.4, 0.5) is 0 Å². The van der Waals surface area contributed by atoms with E-state index in [-0.39, 0.29) is 0 Å². The normalized spacial score (nSPS) is 13.1. The number of ether oxygens (including phenoxy) is 1. The maximum atomic E-state index is 11.2. The smallest absolute Gasteiger partial charge is 0.352 e. The highest BCUT2D eigenvalue weighted by Gasteiger charge is 2.32. The van der Waals surface area contributed by atoms with Gasteiger partial charge in [0.25, 0.3) is 6.10 Å². The van der Waals surface area contributed by atoms with Crippen molar-refractivity contribution < 1.29 is 24.2 Å². The number of aliphatic carboxylic acids is 1. The Morgan fingerprint density at radius 1 is 1.21 bits per heavy atom. The van der Waals surface area contributed by atoms with Gasteiger partial charge in [-0.15, -0.1) is 0 Å². The van der Waals surface area contributed by atoms with Crippen LogP contribution in [0, 0.1) is 5.41 Å². The third-order valence-electron chi connectivity index (χ3n) is 1.43. The van der Waals surface area contributed by atoms with Gasteiger partial charge in [0.1, 0.15) is 0 Å². The molecule has 0 saturated heterocycles. The second-order valence-electron chi connectivity index (χ2n) is 3.98. The van der Waals surface area contributed by atoms with E-state index in [0.29, 0.717) is 0 Å². The molecule has 5 heteroatoms. The predicted molar refractivity (Wildman–Crippen MR) is 47.7 cm³/mol. The number of hydrogen-bond acceptors (Lipinski definition) is 4. The third-order valence-corrected chi connectivity index (χ3v) is 1.43. The first-order valence-electron chi connectivity index (χ1n) is 4.10. The molecule has 0 aliphatic carbocycles. The number of carbonyl (C=O) groups excluding carboxylic acids is 2. The highest BCUT2D eigenvalue weighted by Crippen LogP contribution is 2.16. The van der Waals surface area contributed by atoms with E-state index in [1.165, 1.54) is 0 Å². The molecule has 0 heterocycles. The minimum Gasteiger partial charge on any atom is -0.478 e. The molecule has 1 unspecified atom stereocenters. The first-order chi connectivity index (χ1) is 6.16. The molecule has 0 spiro atoms. The van der Waals surface area contributed by atoms with Crippen molar-refractivity contribution in [3.63, 3.8) is 0 Å². The summed E-state index contributed by atoms with van der Waals surface area (Å²) in [6.07, 6.45) is -1.69. The molecule has 0 aromatic carbocycles. The summed E-state index contributed by atoms with van der Waals surface area (Å²) in [4.78, 5) is 32.5. The minimum absolute atomic E-state index is 0.699. The molecule has 0 fully saturated rings. The Labute approximate surface area is 82.1 Å². The van der Waals surface area contributed by atoms with Crippen molar-refractivity contribution in [3.8, 4) is 0 Å². The molecule has 0 bridgehead atoms. The molecule has 0 radical (unpaired) electrons. The number of carbonyl (C=O) groups is 3. The summed E-state index contributed by atoms with van der Waals surface area (Å²) in [7, 11) is 0.